The standard InChI is InChI=1S/C24H16F2N2O3/c25-18-6-3-7-19(26)21(18)22-27-20(13-31-22)15-10-8-14(9-11-15)12-28-23(29)16-4-1-2-5-17(16)24(28)30/h1-11,20H,12-13H2. The van der Waals surface area contributed by atoms with Crippen LogP contribution >= 0.6 is 0 Å². The lowest BCUT2D eigenvalue weighted by Crippen LogP contribution is -2.29. The molecule has 5 rings (SSSR count). The van der Waals surface area contributed by atoms with Crippen molar-refractivity contribution in [3.05, 3.63) is 106 Å². The van der Waals surface area contributed by atoms with Gasteiger partial charge in [0.05, 0.1) is 17.7 Å². The second-order valence-electron chi connectivity index (χ2n) is 7.34. The molecule has 0 bridgehead atoms. The molecule has 7 heteroatoms. The summed E-state index contributed by atoms with van der Waals surface area (Å²) in [5.41, 5.74) is 2.13. The molecule has 2 heterocycles. The highest BCUT2D eigenvalue weighted by molar-refractivity contribution is 6.21. The molecule has 2 amide bonds. The molecule has 0 fully saturated rings. The fourth-order valence-corrected chi connectivity index (χ4v) is 3.79. The van der Waals surface area contributed by atoms with Crippen LogP contribution in [0.15, 0.2) is 71.7 Å². The number of fused-ring (bicyclic) bond motifs is 1. The molecule has 5 nitrogen and oxygen atoms in total. The lowest BCUT2D eigenvalue weighted by Gasteiger charge is -2.14. The minimum Gasteiger partial charge on any atom is -0.475 e. The number of ether oxygens (including phenoxy) is 1. The minimum atomic E-state index is -0.726. The number of halogens is 2. The monoisotopic (exact) mass is 418 g/mol. The smallest absolute Gasteiger partial charge is 0.261 e. The molecule has 1 unspecified atom stereocenters. The van der Waals surface area contributed by atoms with E-state index in [4.69, 9.17) is 4.74 Å². The van der Waals surface area contributed by atoms with Crippen LogP contribution in [0.3, 0.4) is 0 Å². The number of imide groups is 1. The first kappa shape index (κ1) is 19.1. The van der Waals surface area contributed by atoms with Gasteiger partial charge in [-0.1, -0.05) is 42.5 Å². The molecule has 154 valence electrons. The van der Waals surface area contributed by atoms with Gasteiger partial charge in [0, 0.05) is 0 Å². The topological polar surface area (TPSA) is 59.0 Å². The van der Waals surface area contributed by atoms with Crippen LogP contribution in [0.5, 0.6) is 0 Å². The van der Waals surface area contributed by atoms with Crippen LogP contribution in [0.4, 0.5) is 8.78 Å². The molecule has 0 spiro atoms. The lowest BCUT2D eigenvalue weighted by molar-refractivity contribution is 0.0642. The number of rotatable bonds is 4. The average molecular weight is 418 g/mol. The van der Waals surface area contributed by atoms with E-state index in [0.717, 1.165) is 23.3 Å². The molecule has 2 aliphatic rings. The number of aliphatic imine (C=N–C) groups is 1. The van der Waals surface area contributed by atoms with Crippen molar-refractivity contribution in [2.45, 2.75) is 12.6 Å². The van der Waals surface area contributed by atoms with Crippen LogP contribution in [0, 0.1) is 11.6 Å². The van der Waals surface area contributed by atoms with Gasteiger partial charge in [0.15, 0.2) is 0 Å². The molecule has 0 saturated heterocycles. The van der Waals surface area contributed by atoms with Crippen molar-refractivity contribution in [1.29, 1.82) is 0 Å². The van der Waals surface area contributed by atoms with E-state index in [0.29, 0.717) is 11.1 Å². The van der Waals surface area contributed by atoms with Gasteiger partial charge in [-0.05, 0) is 35.4 Å². The van der Waals surface area contributed by atoms with E-state index in [1.165, 1.54) is 11.0 Å². The van der Waals surface area contributed by atoms with E-state index in [2.05, 4.69) is 4.99 Å². The third kappa shape index (κ3) is 3.28. The Morgan fingerprint density at radius 3 is 2.10 bits per heavy atom. The summed E-state index contributed by atoms with van der Waals surface area (Å²) in [5, 5.41) is 0. The Labute approximate surface area is 176 Å². The van der Waals surface area contributed by atoms with Gasteiger partial charge in [0.2, 0.25) is 5.90 Å². The number of carbonyl (C=O) groups excluding carboxylic acids is 2. The summed E-state index contributed by atoms with van der Waals surface area (Å²) in [4.78, 5) is 30.6. The van der Waals surface area contributed by atoms with Crippen molar-refractivity contribution in [2.24, 2.45) is 4.99 Å². The maximum Gasteiger partial charge on any atom is 0.261 e. The van der Waals surface area contributed by atoms with Crippen molar-refractivity contribution in [3.63, 3.8) is 0 Å². The fraction of sp³-hybridized carbons (Fsp3) is 0.125. The van der Waals surface area contributed by atoms with E-state index in [9.17, 15) is 18.4 Å². The zero-order chi connectivity index (χ0) is 21.5. The van der Waals surface area contributed by atoms with Gasteiger partial charge in [-0.25, -0.2) is 13.8 Å². The highest BCUT2D eigenvalue weighted by Crippen LogP contribution is 2.28. The zero-order valence-corrected chi connectivity index (χ0v) is 16.2. The average Bonchev–Trinajstić information content (AvgIpc) is 3.34. The first-order valence-electron chi connectivity index (χ1n) is 9.72. The van der Waals surface area contributed by atoms with E-state index in [1.54, 1.807) is 36.4 Å². The summed E-state index contributed by atoms with van der Waals surface area (Å²) in [6.45, 7) is 0.323. The van der Waals surface area contributed by atoms with Crippen molar-refractivity contribution in [1.82, 2.24) is 4.90 Å². The maximum absolute atomic E-state index is 14.0. The van der Waals surface area contributed by atoms with Gasteiger partial charge < -0.3 is 4.74 Å². The Balaban J connectivity index is 1.33. The third-order valence-electron chi connectivity index (χ3n) is 5.41. The van der Waals surface area contributed by atoms with Crippen LogP contribution in [0.25, 0.3) is 0 Å². The SMILES string of the molecule is O=C1c2ccccc2C(=O)N1Cc1ccc(C2COC(c3c(F)cccc3F)=N2)cc1. The van der Waals surface area contributed by atoms with E-state index in [-0.39, 0.29) is 36.4 Å². The molecule has 2 aliphatic heterocycles. The predicted octanol–water partition coefficient (Wildman–Crippen LogP) is 4.28. The van der Waals surface area contributed by atoms with Crippen LogP contribution < -0.4 is 0 Å². The predicted molar refractivity (Wildman–Crippen MR) is 109 cm³/mol. The summed E-state index contributed by atoms with van der Waals surface area (Å²) in [7, 11) is 0. The fourth-order valence-electron chi connectivity index (χ4n) is 3.79. The van der Waals surface area contributed by atoms with Gasteiger partial charge >= 0.3 is 0 Å². The summed E-state index contributed by atoms with van der Waals surface area (Å²) in [6, 6.07) is 17.2. The van der Waals surface area contributed by atoms with Crippen LogP contribution in [0.1, 0.15) is 43.4 Å². The van der Waals surface area contributed by atoms with Crippen LogP contribution in [-0.4, -0.2) is 29.2 Å². The molecule has 3 aromatic rings. The number of nitrogens with zero attached hydrogens (tertiary/aromatic N) is 2. The molecule has 1 atom stereocenters. The van der Waals surface area contributed by atoms with Gasteiger partial charge in [-0.15, -0.1) is 0 Å². The van der Waals surface area contributed by atoms with Crippen molar-refractivity contribution >= 4 is 17.7 Å². The molecule has 0 aliphatic carbocycles. The quantitative estimate of drug-likeness (QED) is 0.595. The molecule has 31 heavy (non-hydrogen) atoms. The third-order valence-corrected chi connectivity index (χ3v) is 5.41. The number of amides is 2. The Kier molecular flexibility index (Phi) is 4.58. The zero-order valence-electron chi connectivity index (χ0n) is 16.2. The van der Waals surface area contributed by atoms with Gasteiger partial charge in [0.1, 0.15) is 29.8 Å². The Morgan fingerprint density at radius 1 is 0.871 bits per heavy atom. The normalized spacial score (nSPS) is 17.5. The summed E-state index contributed by atoms with van der Waals surface area (Å²) in [5.74, 6) is -2.13. The Morgan fingerprint density at radius 2 is 1.48 bits per heavy atom. The highest BCUT2D eigenvalue weighted by atomic mass is 19.1. The van der Waals surface area contributed by atoms with Crippen LogP contribution in [0.2, 0.25) is 0 Å². The molecular weight excluding hydrogens is 402 g/mol. The van der Waals surface area contributed by atoms with Crippen molar-refractivity contribution < 1.29 is 23.1 Å². The molecule has 3 aromatic carbocycles. The second-order valence-corrected chi connectivity index (χ2v) is 7.34. The molecule has 0 N–H and O–H groups in total. The summed E-state index contributed by atoms with van der Waals surface area (Å²) < 4.78 is 33.4. The molecule has 0 saturated carbocycles. The Hall–Kier alpha value is -3.87. The molecule has 0 radical (unpaired) electrons. The summed E-state index contributed by atoms with van der Waals surface area (Å²) >= 11 is 0. The van der Waals surface area contributed by atoms with E-state index >= 15 is 0 Å². The van der Waals surface area contributed by atoms with Crippen molar-refractivity contribution in [2.75, 3.05) is 6.61 Å². The maximum atomic E-state index is 14.0. The van der Waals surface area contributed by atoms with E-state index < -0.39 is 17.7 Å². The first-order chi connectivity index (χ1) is 15.0. The first-order valence-corrected chi connectivity index (χ1v) is 9.72. The number of hydrogen-bond donors (Lipinski definition) is 0. The van der Waals surface area contributed by atoms with Gasteiger partial charge in [0.25, 0.3) is 11.8 Å². The minimum absolute atomic E-state index is 0.0595. The number of hydrogen-bond acceptors (Lipinski definition) is 4. The number of carbonyl (C=O) groups is 2. The Bertz CT molecular complexity index is 1180. The highest BCUT2D eigenvalue weighted by Gasteiger charge is 2.35. The molecular formula is C24H16F2N2O3. The molecule has 0 aromatic heterocycles. The number of benzene rings is 3. The van der Waals surface area contributed by atoms with Crippen LogP contribution in [-0.2, 0) is 11.3 Å². The van der Waals surface area contributed by atoms with Crippen molar-refractivity contribution in [3.8, 4) is 0 Å². The largest absolute Gasteiger partial charge is 0.475 e. The summed E-state index contributed by atoms with van der Waals surface area (Å²) in [6.07, 6.45) is 0. The van der Waals surface area contributed by atoms with E-state index in [1.807, 2.05) is 12.1 Å². The second kappa shape index (κ2) is 7.43. The van der Waals surface area contributed by atoms with Gasteiger partial charge in [-0.2, -0.15) is 0 Å². The van der Waals surface area contributed by atoms with Gasteiger partial charge in [-0.3, -0.25) is 14.5 Å². The lowest BCUT2D eigenvalue weighted by atomic mass is 10.1.